The fourth-order valence-electron chi connectivity index (χ4n) is 9.14. The highest BCUT2D eigenvalue weighted by Crippen LogP contribution is 2.52. The molecule has 0 saturated heterocycles. The Kier molecular flexibility index (Phi) is 6.08. The van der Waals surface area contributed by atoms with E-state index in [2.05, 4.69) is 178 Å². The van der Waals surface area contributed by atoms with Crippen molar-refractivity contribution in [1.82, 2.24) is 0 Å². The molecule has 11 rings (SSSR count). The highest BCUT2D eigenvalue weighted by molar-refractivity contribution is 6.21. The molecule has 0 N–H and O–H groups in total. The van der Waals surface area contributed by atoms with Crippen molar-refractivity contribution < 1.29 is 4.42 Å². The lowest BCUT2D eigenvalue weighted by atomic mass is 9.81. The smallest absolute Gasteiger partial charge is 0.143 e. The van der Waals surface area contributed by atoms with Gasteiger partial charge in [-0.25, -0.2) is 0 Å². The van der Waals surface area contributed by atoms with Crippen LogP contribution in [0.5, 0.6) is 0 Å². The average molecular weight is 663 g/mol. The van der Waals surface area contributed by atoms with E-state index in [1.807, 2.05) is 6.07 Å². The minimum absolute atomic E-state index is 0.133. The zero-order chi connectivity index (χ0) is 34.6. The van der Waals surface area contributed by atoms with Crippen molar-refractivity contribution in [2.75, 3.05) is 0 Å². The molecule has 0 atom stereocenters. The Morgan fingerprint density at radius 2 is 0.942 bits per heavy atom. The molecule has 1 nitrogen and oxygen atoms in total. The van der Waals surface area contributed by atoms with Gasteiger partial charge in [0.25, 0.3) is 0 Å². The van der Waals surface area contributed by atoms with Crippen molar-refractivity contribution in [2.45, 2.75) is 19.3 Å². The Bertz CT molecular complexity index is 3030. The SMILES string of the molecule is CC1(C)c2ccc(-c3cccc(-c4c5ccccc5c(-c5ccccc5)c5ccccc45)c3)cc2-c2cc3ccc4c5ccccc5oc4c3cc21. The van der Waals surface area contributed by atoms with Crippen LogP contribution in [0.2, 0.25) is 0 Å². The third kappa shape index (κ3) is 4.11. The van der Waals surface area contributed by atoms with E-state index in [1.54, 1.807) is 0 Å². The first kappa shape index (κ1) is 29.3. The van der Waals surface area contributed by atoms with Gasteiger partial charge in [0.15, 0.2) is 0 Å². The number of furan rings is 1. The molecule has 10 aromatic rings. The summed E-state index contributed by atoms with van der Waals surface area (Å²) in [5.41, 5.74) is 14.6. The minimum Gasteiger partial charge on any atom is -0.455 e. The number of rotatable bonds is 3. The lowest BCUT2D eigenvalue weighted by Crippen LogP contribution is -2.14. The van der Waals surface area contributed by atoms with Crippen LogP contribution >= 0.6 is 0 Å². The summed E-state index contributed by atoms with van der Waals surface area (Å²) in [4.78, 5) is 0. The van der Waals surface area contributed by atoms with Crippen LogP contribution in [0.15, 0.2) is 174 Å². The molecule has 52 heavy (non-hydrogen) atoms. The molecule has 0 fully saturated rings. The van der Waals surface area contributed by atoms with Crippen LogP contribution in [0.3, 0.4) is 0 Å². The zero-order valence-corrected chi connectivity index (χ0v) is 29.1. The van der Waals surface area contributed by atoms with Gasteiger partial charge >= 0.3 is 0 Å². The van der Waals surface area contributed by atoms with Gasteiger partial charge in [0.05, 0.1) is 0 Å². The maximum Gasteiger partial charge on any atom is 0.143 e. The van der Waals surface area contributed by atoms with E-state index >= 15 is 0 Å². The predicted molar refractivity (Wildman–Crippen MR) is 220 cm³/mol. The van der Waals surface area contributed by atoms with Gasteiger partial charge in [-0.15, -0.1) is 0 Å². The third-order valence-corrected chi connectivity index (χ3v) is 11.6. The lowest BCUT2D eigenvalue weighted by molar-refractivity contribution is 0.660. The number of hydrogen-bond donors (Lipinski definition) is 0. The van der Waals surface area contributed by atoms with Gasteiger partial charge < -0.3 is 4.42 Å². The van der Waals surface area contributed by atoms with Crippen molar-refractivity contribution in [3.05, 3.63) is 181 Å². The summed E-state index contributed by atoms with van der Waals surface area (Å²) >= 11 is 0. The summed E-state index contributed by atoms with van der Waals surface area (Å²) in [6.45, 7) is 4.72. The molecule has 1 heteroatoms. The van der Waals surface area contributed by atoms with Gasteiger partial charge in [-0.3, -0.25) is 0 Å². The van der Waals surface area contributed by atoms with E-state index in [1.165, 1.54) is 98.7 Å². The van der Waals surface area contributed by atoms with Crippen LogP contribution in [-0.2, 0) is 5.41 Å². The first-order valence-corrected chi connectivity index (χ1v) is 18.2. The van der Waals surface area contributed by atoms with E-state index in [0.717, 1.165) is 11.2 Å². The summed E-state index contributed by atoms with van der Waals surface area (Å²) in [7, 11) is 0. The maximum absolute atomic E-state index is 6.48. The van der Waals surface area contributed by atoms with Gasteiger partial charge in [0.2, 0.25) is 0 Å². The van der Waals surface area contributed by atoms with Crippen molar-refractivity contribution in [2.24, 2.45) is 0 Å². The molecule has 0 saturated carbocycles. The van der Waals surface area contributed by atoms with Crippen molar-refractivity contribution >= 4 is 54.3 Å². The summed E-state index contributed by atoms with van der Waals surface area (Å²) in [5, 5.41) is 9.82. The molecule has 0 radical (unpaired) electrons. The minimum atomic E-state index is -0.133. The molecule has 0 unspecified atom stereocenters. The first-order chi connectivity index (χ1) is 25.5. The summed E-state index contributed by atoms with van der Waals surface area (Å²) in [6.07, 6.45) is 0. The number of para-hydroxylation sites is 1. The summed E-state index contributed by atoms with van der Waals surface area (Å²) in [6, 6.07) is 62.4. The molecule has 0 aliphatic heterocycles. The second-order valence-electron chi connectivity index (χ2n) is 14.8. The van der Waals surface area contributed by atoms with E-state index in [4.69, 9.17) is 4.42 Å². The van der Waals surface area contributed by atoms with E-state index in [9.17, 15) is 0 Å². The van der Waals surface area contributed by atoms with Gasteiger partial charge in [0, 0.05) is 21.6 Å². The van der Waals surface area contributed by atoms with Crippen molar-refractivity contribution in [3.63, 3.8) is 0 Å². The molecule has 1 aromatic heterocycles. The van der Waals surface area contributed by atoms with Crippen molar-refractivity contribution in [1.29, 1.82) is 0 Å². The molecule has 244 valence electrons. The Morgan fingerprint density at radius 1 is 0.365 bits per heavy atom. The quantitative estimate of drug-likeness (QED) is 0.172. The highest BCUT2D eigenvalue weighted by Gasteiger charge is 2.36. The van der Waals surface area contributed by atoms with Gasteiger partial charge in [-0.2, -0.15) is 0 Å². The Hall–Kier alpha value is -6.44. The van der Waals surface area contributed by atoms with Crippen molar-refractivity contribution in [3.8, 4) is 44.5 Å². The topological polar surface area (TPSA) is 13.1 Å². The van der Waals surface area contributed by atoms with Crippen LogP contribution in [0.1, 0.15) is 25.0 Å². The molecular formula is C51H34O. The van der Waals surface area contributed by atoms with Crippen LogP contribution in [-0.4, -0.2) is 0 Å². The molecule has 9 aromatic carbocycles. The van der Waals surface area contributed by atoms with Gasteiger partial charge in [-0.05, 0) is 119 Å². The standard InChI is InChI=1S/C51H34O/c1-51(2)45-26-24-33(28-43(45)44-29-34-23-25-41-36-17-10-11-22-47(36)52-50(41)42(34)30-46(44)51)32-15-12-16-35(27-32)49-39-20-8-6-18-37(39)48(31-13-4-3-5-14-31)38-19-7-9-21-40(38)49/h3-30H,1-2H3. The number of hydrogen-bond acceptors (Lipinski definition) is 1. The fourth-order valence-corrected chi connectivity index (χ4v) is 9.14. The largest absolute Gasteiger partial charge is 0.455 e. The highest BCUT2D eigenvalue weighted by atomic mass is 16.3. The van der Waals surface area contributed by atoms with E-state index < -0.39 is 0 Å². The second-order valence-corrected chi connectivity index (χ2v) is 14.8. The normalized spacial score (nSPS) is 13.3. The summed E-state index contributed by atoms with van der Waals surface area (Å²) < 4.78 is 6.48. The Morgan fingerprint density at radius 3 is 1.67 bits per heavy atom. The van der Waals surface area contributed by atoms with Crippen LogP contribution < -0.4 is 0 Å². The van der Waals surface area contributed by atoms with Gasteiger partial charge in [0.1, 0.15) is 11.2 Å². The van der Waals surface area contributed by atoms with E-state index in [-0.39, 0.29) is 5.41 Å². The first-order valence-electron chi connectivity index (χ1n) is 18.2. The number of benzene rings is 9. The van der Waals surface area contributed by atoms with Gasteiger partial charge in [-0.1, -0.05) is 147 Å². The number of fused-ring (bicyclic) bond motifs is 10. The molecule has 1 aliphatic carbocycles. The van der Waals surface area contributed by atoms with E-state index in [0.29, 0.717) is 0 Å². The van der Waals surface area contributed by atoms with Crippen LogP contribution in [0.4, 0.5) is 0 Å². The molecule has 0 amide bonds. The summed E-state index contributed by atoms with van der Waals surface area (Å²) in [5.74, 6) is 0. The maximum atomic E-state index is 6.48. The molecule has 0 bridgehead atoms. The third-order valence-electron chi connectivity index (χ3n) is 11.6. The zero-order valence-electron chi connectivity index (χ0n) is 29.1. The van der Waals surface area contributed by atoms with Crippen LogP contribution in [0, 0.1) is 0 Å². The fraction of sp³-hybridized carbons (Fsp3) is 0.0588. The molecule has 1 aliphatic rings. The second kappa shape index (κ2) is 10.8. The monoisotopic (exact) mass is 662 g/mol. The molecule has 0 spiro atoms. The lowest BCUT2D eigenvalue weighted by Gasteiger charge is -2.22. The molecule has 1 heterocycles. The Balaban J connectivity index is 1.08. The predicted octanol–water partition coefficient (Wildman–Crippen LogP) is 14.4. The van der Waals surface area contributed by atoms with Crippen LogP contribution in [0.25, 0.3) is 98.8 Å². The Labute approximate surface area is 302 Å². The molecular weight excluding hydrogens is 629 g/mol. The average Bonchev–Trinajstić information content (AvgIpc) is 3.68.